The second-order valence-electron chi connectivity index (χ2n) is 5.97. The van der Waals surface area contributed by atoms with Crippen molar-refractivity contribution in [2.75, 3.05) is 13.7 Å². The van der Waals surface area contributed by atoms with Crippen molar-refractivity contribution in [3.8, 4) is 5.95 Å². The molecule has 2 aromatic heterocycles. The third-order valence-electron chi connectivity index (χ3n) is 5.13. The van der Waals surface area contributed by atoms with Gasteiger partial charge in [0.25, 0.3) is 11.9 Å². The molecule has 1 amide bonds. The minimum Gasteiger partial charge on any atom is -0.468 e. The molecular weight excluding hydrogens is 280 g/mol. The van der Waals surface area contributed by atoms with Crippen LogP contribution in [0, 0.1) is 5.92 Å². The van der Waals surface area contributed by atoms with Gasteiger partial charge in [-0.15, -0.1) is 0 Å². The smallest absolute Gasteiger partial charge is 0.290 e. The molecule has 2 fully saturated rings. The summed E-state index contributed by atoms with van der Waals surface area (Å²) in [4.78, 5) is 19.1. The van der Waals surface area contributed by atoms with Crippen LogP contribution in [-0.4, -0.2) is 29.4 Å². The van der Waals surface area contributed by atoms with Gasteiger partial charge in [-0.05, 0) is 42.9 Å². The predicted molar refractivity (Wildman–Crippen MR) is 79.6 cm³/mol. The summed E-state index contributed by atoms with van der Waals surface area (Å²) in [7, 11) is 1.53. The lowest BCUT2D eigenvalue weighted by Gasteiger charge is -2.50. The number of fused-ring (bicyclic) bond motifs is 1. The molecule has 1 saturated carbocycles. The fourth-order valence-electron chi connectivity index (χ4n) is 3.96. The van der Waals surface area contributed by atoms with Crippen molar-refractivity contribution in [1.29, 1.82) is 0 Å². The molecular formula is C17H18N2O3. The zero-order chi connectivity index (χ0) is 15.2. The minimum absolute atomic E-state index is 0.0608. The highest BCUT2D eigenvalue weighted by Crippen LogP contribution is 2.57. The van der Waals surface area contributed by atoms with Crippen LogP contribution in [0.15, 0.2) is 41.1 Å². The SMILES string of the molecule is COc1ccc(C(=O)N2CC[C@@H]3CC[C@@]32c2cccnc2)o1. The van der Waals surface area contributed by atoms with Crippen LogP contribution in [0.25, 0.3) is 0 Å². The van der Waals surface area contributed by atoms with Crippen LogP contribution in [0.4, 0.5) is 0 Å². The molecule has 5 heteroatoms. The van der Waals surface area contributed by atoms with E-state index in [1.807, 2.05) is 17.2 Å². The summed E-state index contributed by atoms with van der Waals surface area (Å²) in [6.07, 6.45) is 6.86. The lowest BCUT2D eigenvalue weighted by molar-refractivity contribution is 0.0117. The number of amides is 1. The average Bonchev–Trinajstić information content (AvgIpc) is 3.11. The second-order valence-corrected chi connectivity index (χ2v) is 5.97. The zero-order valence-corrected chi connectivity index (χ0v) is 12.5. The van der Waals surface area contributed by atoms with E-state index in [9.17, 15) is 4.79 Å². The summed E-state index contributed by atoms with van der Waals surface area (Å²) in [6, 6.07) is 7.38. The Hall–Kier alpha value is -2.30. The molecule has 2 atom stereocenters. The van der Waals surface area contributed by atoms with Gasteiger partial charge in [-0.25, -0.2) is 0 Å². The maximum absolute atomic E-state index is 12.9. The molecule has 0 spiro atoms. The van der Waals surface area contributed by atoms with Crippen LogP contribution in [-0.2, 0) is 5.54 Å². The molecule has 5 nitrogen and oxygen atoms in total. The van der Waals surface area contributed by atoms with Gasteiger partial charge >= 0.3 is 0 Å². The van der Waals surface area contributed by atoms with Crippen molar-refractivity contribution in [2.45, 2.75) is 24.8 Å². The van der Waals surface area contributed by atoms with E-state index < -0.39 is 0 Å². The van der Waals surface area contributed by atoms with Crippen LogP contribution in [0.5, 0.6) is 5.95 Å². The number of ether oxygens (including phenoxy) is 1. The Labute approximate surface area is 128 Å². The Morgan fingerprint density at radius 3 is 2.95 bits per heavy atom. The maximum Gasteiger partial charge on any atom is 0.290 e. The first-order valence-corrected chi connectivity index (χ1v) is 7.62. The number of hydrogen-bond acceptors (Lipinski definition) is 4. The first kappa shape index (κ1) is 13.4. The molecule has 1 aliphatic heterocycles. The second kappa shape index (κ2) is 4.87. The Balaban J connectivity index is 1.70. The molecule has 1 aliphatic carbocycles. The number of pyridine rings is 1. The summed E-state index contributed by atoms with van der Waals surface area (Å²) >= 11 is 0. The normalized spacial score (nSPS) is 26.4. The van der Waals surface area contributed by atoms with E-state index in [0.717, 1.165) is 24.9 Å². The number of rotatable bonds is 3. The largest absolute Gasteiger partial charge is 0.468 e. The van der Waals surface area contributed by atoms with Crippen LogP contribution < -0.4 is 4.74 Å². The van der Waals surface area contributed by atoms with Crippen molar-refractivity contribution in [3.63, 3.8) is 0 Å². The molecule has 0 bridgehead atoms. The van der Waals surface area contributed by atoms with Crippen LogP contribution in [0.2, 0.25) is 0 Å². The summed E-state index contributed by atoms with van der Waals surface area (Å²) in [6.45, 7) is 0.765. The zero-order valence-electron chi connectivity index (χ0n) is 12.5. The number of likely N-dealkylation sites (tertiary alicyclic amines) is 1. The van der Waals surface area contributed by atoms with Crippen molar-refractivity contribution >= 4 is 5.91 Å². The van der Waals surface area contributed by atoms with Gasteiger partial charge in [0.15, 0.2) is 5.76 Å². The van der Waals surface area contributed by atoms with Crippen molar-refractivity contribution < 1.29 is 13.9 Å². The fourth-order valence-corrected chi connectivity index (χ4v) is 3.96. The number of carbonyl (C=O) groups is 1. The van der Waals surface area contributed by atoms with Crippen LogP contribution >= 0.6 is 0 Å². The van der Waals surface area contributed by atoms with Gasteiger partial charge in [0, 0.05) is 25.0 Å². The van der Waals surface area contributed by atoms with Crippen molar-refractivity contribution in [3.05, 3.63) is 48.0 Å². The molecule has 3 heterocycles. The highest BCUT2D eigenvalue weighted by Gasteiger charge is 2.58. The topological polar surface area (TPSA) is 55.6 Å². The number of carbonyl (C=O) groups excluding carboxylic acids is 1. The predicted octanol–water partition coefficient (Wildman–Crippen LogP) is 2.83. The van der Waals surface area contributed by atoms with E-state index in [1.165, 1.54) is 13.5 Å². The Morgan fingerprint density at radius 1 is 1.41 bits per heavy atom. The molecule has 0 unspecified atom stereocenters. The molecule has 0 aromatic carbocycles. The van der Waals surface area contributed by atoms with E-state index in [0.29, 0.717) is 17.6 Å². The van der Waals surface area contributed by atoms with Gasteiger partial charge < -0.3 is 14.1 Å². The van der Waals surface area contributed by atoms with E-state index in [4.69, 9.17) is 9.15 Å². The highest BCUT2D eigenvalue weighted by molar-refractivity contribution is 5.92. The molecule has 4 rings (SSSR count). The van der Waals surface area contributed by atoms with E-state index in [1.54, 1.807) is 18.3 Å². The number of furan rings is 1. The number of methoxy groups -OCH3 is 1. The van der Waals surface area contributed by atoms with Gasteiger partial charge in [-0.3, -0.25) is 9.78 Å². The fraction of sp³-hybridized carbons (Fsp3) is 0.412. The van der Waals surface area contributed by atoms with Gasteiger partial charge in [0.1, 0.15) is 0 Å². The van der Waals surface area contributed by atoms with Gasteiger partial charge in [0.05, 0.1) is 12.6 Å². The number of hydrogen-bond donors (Lipinski definition) is 0. The van der Waals surface area contributed by atoms with Crippen LogP contribution in [0.3, 0.4) is 0 Å². The molecule has 1 saturated heterocycles. The maximum atomic E-state index is 12.9. The summed E-state index contributed by atoms with van der Waals surface area (Å²) in [5.41, 5.74) is 0.932. The Bertz CT molecular complexity index is 697. The average molecular weight is 298 g/mol. The first-order chi connectivity index (χ1) is 10.8. The standard InChI is InChI=1S/C17H18N2O3/c1-21-15-5-4-14(22-15)16(20)19-10-7-12-6-8-17(12,19)13-3-2-9-18-11-13/h2-5,9,11-12H,6-8,10H2,1H3/t12-,17-/m0/s1. The highest BCUT2D eigenvalue weighted by atomic mass is 16.6. The molecule has 22 heavy (non-hydrogen) atoms. The summed E-state index contributed by atoms with van der Waals surface area (Å²) in [5.74, 6) is 1.17. The Morgan fingerprint density at radius 2 is 2.32 bits per heavy atom. The van der Waals surface area contributed by atoms with E-state index in [2.05, 4.69) is 11.1 Å². The lowest BCUT2D eigenvalue weighted by atomic mass is 9.64. The van der Waals surface area contributed by atoms with Crippen molar-refractivity contribution in [2.24, 2.45) is 5.92 Å². The Kier molecular flexibility index (Phi) is 2.96. The molecule has 0 radical (unpaired) electrons. The van der Waals surface area contributed by atoms with Crippen LogP contribution in [0.1, 0.15) is 35.4 Å². The van der Waals surface area contributed by atoms with E-state index >= 15 is 0 Å². The first-order valence-electron chi connectivity index (χ1n) is 7.62. The summed E-state index contributed by atoms with van der Waals surface area (Å²) < 4.78 is 10.5. The minimum atomic E-state index is -0.203. The third-order valence-corrected chi connectivity index (χ3v) is 5.13. The third kappa shape index (κ3) is 1.71. The van der Waals surface area contributed by atoms with Gasteiger partial charge in [-0.2, -0.15) is 0 Å². The molecule has 0 N–H and O–H groups in total. The number of nitrogens with zero attached hydrogens (tertiary/aromatic N) is 2. The summed E-state index contributed by atoms with van der Waals surface area (Å²) in [5, 5.41) is 0. The van der Waals surface area contributed by atoms with Gasteiger partial charge in [-0.1, -0.05) is 6.07 Å². The molecule has 114 valence electrons. The molecule has 2 aliphatic rings. The monoisotopic (exact) mass is 298 g/mol. The van der Waals surface area contributed by atoms with Gasteiger partial charge in [0.2, 0.25) is 0 Å². The van der Waals surface area contributed by atoms with E-state index in [-0.39, 0.29) is 11.4 Å². The quantitative estimate of drug-likeness (QED) is 0.874. The lowest BCUT2D eigenvalue weighted by Crippen LogP contribution is -2.53. The number of aromatic nitrogens is 1. The van der Waals surface area contributed by atoms with Crippen molar-refractivity contribution in [1.82, 2.24) is 9.88 Å². The molecule has 2 aromatic rings.